The zero-order valence-electron chi connectivity index (χ0n) is 14.7. The molecule has 2 rings (SSSR count). The fraction of sp³-hybridized carbons (Fsp3) is 0.765. The Balaban J connectivity index is 0.00000264. The van der Waals surface area contributed by atoms with Crippen molar-refractivity contribution >= 4 is 29.9 Å². The molecule has 5 nitrogen and oxygen atoms in total. The fourth-order valence-electron chi connectivity index (χ4n) is 3.00. The molecule has 0 atom stereocenters. The van der Waals surface area contributed by atoms with Gasteiger partial charge in [-0.25, -0.2) is 0 Å². The summed E-state index contributed by atoms with van der Waals surface area (Å²) in [6, 6.07) is 0. The largest absolute Gasteiger partial charge is 0.357 e. The van der Waals surface area contributed by atoms with Crippen LogP contribution in [0.2, 0.25) is 0 Å². The Hall–Kier alpha value is -0.790. The maximum Gasteiger partial charge on any atom is 0.191 e. The van der Waals surface area contributed by atoms with Gasteiger partial charge in [0.05, 0.1) is 6.20 Å². The molecule has 6 heteroatoms. The average Bonchev–Trinajstić information content (AvgIpc) is 2.88. The molecule has 1 aliphatic carbocycles. The van der Waals surface area contributed by atoms with Crippen molar-refractivity contribution in [2.45, 2.75) is 59.3 Å². The van der Waals surface area contributed by atoms with E-state index in [-0.39, 0.29) is 24.0 Å². The van der Waals surface area contributed by atoms with Crippen molar-refractivity contribution in [3.63, 3.8) is 0 Å². The first-order valence-corrected chi connectivity index (χ1v) is 8.70. The van der Waals surface area contributed by atoms with Gasteiger partial charge in [0.15, 0.2) is 5.96 Å². The minimum absolute atomic E-state index is 0. The number of hydrogen-bond donors (Lipinski definition) is 3. The normalized spacial score (nSPS) is 16.4. The first-order valence-electron chi connectivity index (χ1n) is 8.70. The van der Waals surface area contributed by atoms with Gasteiger partial charge in [0.1, 0.15) is 0 Å². The summed E-state index contributed by atoms with van der Waals surface area (Å²) < 4.78 is 0. The molecule has 132 valence electrons. The lowest BCUT2D eigenvalue weighted by Gasteiger charge is -2.40. The highest BCUT2D eigenvalue weighted by Gasteiger charge is 2.34. The molecule has 1 aromatic rings. The smallest absolute Gasteiger partial charge is 0.191 e. The van der Waals surface area contributed by atoms with Gasteiger partial charge < -0.3 is 10.6 Å². The minimum atomic E-state index is 0. The minimum Gasteiger partial charge on any atom is -0.357 e. The first kappa shape index (κ1) is 20.3. The average molecular weight is 433 g/mol. The number of hydrogen-bond acceptors (Lipinski definition) is 2. The summed E-state index contributed by atoms with van der Waals surface area (Å²) in [5.41, 5.74) is 2.97. The predicted octanol–water partition coefficient (Wildman–Crippen LogP) is 3.40. The number of halogens is 1. The Morgan fingerprint density at radius 2 is 2.13 bits per heavy atom. The number of guanidine groups is 1. The van der Waals surface area contributed by atoms with Crippen LogP contribution in [0.5, 0.6) is 0 Å². The third kappa shape index (κ3) is 5.97. The molecule has 0 unspecified atom stereocenters. The summed E-state index contributed by atoms with van der Waals surface area (Å²) in [7, 11) is 0. The SMILES string of the molecule is CCNC(=NCC1(CC)CCC1)NCCCc1cn[nH]c1C.I. The van der Waals surface area contributed by atoms with Crippen molar-refractivity contribution in [1.29, 1.82) is 0 Å². The van der Waals surface area contributed by atoms with E-state index < -0.39 is 0 Å². The van der Waals surface area contributed by atoms with Crippen LogP contribution in [0, 0.1) is 12.3 Å². The van der Waals surface area contributed by atoms with Gasteiger partial charge in [-0.2, -0.15) is 5.10 Å². The van der Waals surface area contributed by atoms with Crippen molar-refractivity contribution < 1.29 is 0 Å². The molecule has 1 fully saturated rings. The molecule has 1 saturated carbocycles. The molecule has 1 aliphatic rings. The maximum atomic E-state index is 4.81. The van der Waals surface area contributed by atoms with E-state index in [0.717, 1.165) is 38.4 Å². The number of H-pyrrole nitrogens is 1. The van der Waals surface area contributed by atoms with Gasteiger partial charge in [0, 0.05) is 25.3 Å². The zero-order valence-corrected chi connectivity index (χ0v) is 17.1. The molecule has 23 heavy (non-hydrogen) atoms. The lowest BCUT2D eigenvalue weighted by atomic mass is 9.67. The van der Waals surface area contributed by atoms with Gasteiger partial charge in [-0.1, -0.05) is 13.3 Å². The van der Waals surface area contributed by atoms with Crippen LogP contribution in [0.3, 0.4) is 0 Å². The van der Waals surface area contributed by atoms with E-state index in [9.17, 15) is 0 Å². The van der Waals surface area contributed by atoms with Crippen molar-refractivity contribution in [1.82, 2.24) is 20.8 Å². The number of aliphatic imine (C=N–C) groups is 1. The molecular weight excluding hydrogens is 401 g/mol. The van der Waals surface area contributed by atoms with Crippen molar-refractivity contribution in [2.75, 3.05) is 19.6 Å². The topological polar surface area (TPSA) is 65.1 Å². The number of aryl methyl sites for hydroxylation is 2. The van der Waals surface area contributed by atoms with Gasteiger partial charge >= 0.3 is 0 Å². The molecule has 0 amide bonds. The number of rotatable bonds is 8. The lowest BCUT2D eigenvalue weighted by Crippen LogP contribution is -2.40. The summed E-state index contributed by atoms with van der Waals surface area (Å²) in [5.74, 6) is 0.964. The highest BCUT2D eigenvalue weighted by molar-refractivity contribution is 14.0. The molecule has 0 saturated heterocycles. The van der Waals surface area contributed by atoms with Crippen LogP contribution in [0.25, 0.3) is 0 Å². The third-order valence-electron chi connectivity index (χ3n) is 4.93. The zero-order chi connectivity index (χ0) is 15.8. The summed E-state index contributed by atoms with van der Waals surface area (Å²) in [6.07, 6.45) is 9.36. The monoisotopic (exact) mass is 433 g/mol. The van der Waals surface area contributed by atoms with Crippen molar-refractivity contribution in [3.8, 4) is 0 Å². The summed E-state index contributed by atoms with van der Waals surface area (Å²) in [4.78, 5) is 4.81. The van der Waals surface area contributed by atoms with Crippen LogP contribution in [-0.2, 0) is 6.42 Å². The number of aromatic amines is 1. The van der Waals surface area contributed by atoms with E-state index >= 15 is 0 Å². The summed E-state index contributed by atoms with van der Waals surface area (Å²) >= 11 is 0. The van der Waals surface area contributed by atoms with Crippen LogP contribution in [0.4, 0.5) is 0 Å². The van der Waals surface area contributed by atoms with E-state index in [4.69, 9.17) is 4.99 Å². The highest BCUT2D eigenvalue weighted by atomic mass is 127. The Bertz CT molecular complexity index is 474. The van der Waals surface area contributed by atoms with E-state index in [2.05, 4.69) is 41.6 Å². The van der Waals surface area contributed by atoms with Gasteiger partial charge in [-0.05, 0) is 56.9 Å². The standard InChI is InChI=1S/C17H31N5.HI/c1-4-17(9-7-10-17)13-20-16(18-5-2)19-11-6-8-15-12-21-22-14(15)3;/h12H,4-11,13H2,1-3H3,(H,21,22)(H2,18,19,20);1H. The Morgan fingerprint density at radius 1 is 1.35 bits per heavy atom. The molecule has 0 radical (unpaired) electrons. The maximum absolute atomic E-state index is 4.81. The Kier molecular flexibility index (Phi) is 8.94. The molecular formula is C17H32IN5. The molecule has 3 N–H and O–H groups in total. The highest BCUT2D eigenvalue weighted by Crippen LogP contribution is 2.43. The van der Waals surface area contributed by atoms with Gasteiger partial charge in [-0.3, -0.25) is 10.1 Å². The molecule has 0 aliphatic heterocycles. The van der Waals surface area contributed by atoms with Crippen LogP contribution in [-0.4, -0.2) is 35.8 Å². The van der Waals surface area contributed by atoms with E-state index in [1.54, 1.807) is 0 Å². The van der Waals surface area contributed by atoms with E-state index in [0.29, 0.717) is 5.41 Å². The molecule has 0 aromatic carbocycles. The predicted molar refractivity (Wildman–Crippen MR) is 108 cm³/mol. The van der Waals surface area contributed by atoms with E-state index in [1.807, 2.05) is 6.20 Å². The molecule has 1 aromatic heterocycles. The van der Waals surface area contributed by atoms with Gasteiger partial charge in [0.2, 0.25) is 0 Å². The van der Waals surface area contributed by atoms with Crippen molar-refractivity contribution in [2.24, 2.45) is 10.4 Å². The fourth-order valence-corrected chi connectivity index (χ4v) is 3.00. The van der Waals surface area contributed by atoms with Crippen molar-refractivity contribution in [3.05, 3.63) is 17.5 Å². The molecule has 0 spiro atoms. The van der Waals surface area contributed by atoms with E-state index in [1.165, 1.54) is 36.9 Å². The number of nitrogens with zero attached hydrogens (tertiary/aromatic N) is 2. The van der Waals surface area contributed by atoms with Crippen LogP contribution < -0.4 is 10.6 Å². The summed E-state index contributed by atoms with van der Waals surface area (Å²) in [6.45, 7) is 9.29. The second-order valence-corrected chi connectivity index (χ2v) is 6.45. The van der Waals surface area contributed by atoms with Crippen LogP contribution >= 0.6 is 24.0 Å². The number of aromatic nitrogens is 2. The van der Waals surface area contributed by atoms with Crippen LogP contribution in [0.1, 0.15) is 57.2 Å². The summed E-state index contributed by atoms with van der Waals surface area (Å²) in [5, 5.41) is 13.9. The first-order chi connectivity index (χ1) is 10.7. The van der Waals surface area contributed by atoms with Gasteiger partial charge in [0.25, 0.3) is 0 Å². The second kappa shape index (κ2) is 10.2. The van der Waals surface area contributed by atoms with Crippen LogP contribution in [0.15, 0.2) is 11.2 Å². The van der Waals surface area contributed by atoms with Gasteiger partial charge in [-0.15, -0.1) is 24.0 Å². The molecule has 0 bridgehead atoms. The number of nitrogens with one attached hydrogen (secondary N) is 3. The third-order valence-corrected chi connectivity index (χ3v) is 4.93. The second-order valence-electron chi connectivity index (χ2n) is 6.45. The lowest BCUT2D eigenvalue weighted by molar-refractivity contribution is 0.139. The quantitative estimate of drug-likeness (QED) is 0.255. The Labute approximate surface area is 157 Å². The Morgan fingerprint density at radius 3 is 2.65 bits per heavy atom. The molecule has 1 heterocycles.